The molecule has 0 aromatic rings. The summed E-state index contributed by atoms with van der Waals surface area (Å²) in [6.07, 6.45) is 1.01. The number of carbonyl (C=O) groups is 1. The Balaban J connectivity index is 2.33. The summed E-state index contributed by atoms with van der Waals surface area (Å²) < 4.78 is 0. The summed E-state index contributed by atoms with van der Waals surface area (Å²) in [5.74, 6) is 0.644. The highest BCUT2D eigenvalue weighted by Gasteiger charge is 2.37. The van der Waals surface area contributed by atoms with Crippen LogP contribution < -0.4 is 5.73 Å². The van der Waals surface area contributed by atoms with Gasteiger partial charge in [-0.3, -0.25) is 4.79 Å². The predicted molar refractivity (Wildman–Crippen MR) is 26.5 cm³/mol. The van der Waals surface area contributed by atoms with E-state index in [4.69, 9.17) is 5.73 Å². The Kier molecular flexibility index (Phi) is 0.805. The molecular formula is C5H9NO. The molecule has 7 heavy (non-hydrogen) atoms. The van der Waals surface area contributed by atoms with E-state index < -0.39 is 0 Å². The first-order valence-electron chi connectivity index (χ1n) is 2.51. The van der Waals surface area contributed by atoms with Crippen LogP contribution in [0.3, 0.4) is 0 Å². The first kappa shape index (κ1) is 4.62. The van der Waals surface area contributed by atoms with Crippen molar-refractivity contribution in [1.29, 1.82) is 0 Å². The van der Waals surface area contributed by atoms with Gasteiger partial charge in [-0.1, -0.05) is 6.92 Å². The first-order valence-corrected chi connectivity index (χ1v) is 2.51. The van der Waals surface area contributed by atoms with E-state index in [0.717, 1.165) is 6.42 Å². The molecule has 1 amide bonds. The molecule has 0 heterocycles. The van der Waals surface area contributed by atoms with Crippen molar-refractivity contribution in [3.05, 3.63) is 0 Å². The van der Waals surface area contributed by atoms with Gasteiger partial charge in [0.15, 0.2) is 0 Å². The van der Waals surface area contributed by atoms with Gasteiger partial charge in [-0.25, -0.2) is 0 Å². The van der Waals surface area contributed by atoms with Gasteiger partial charge in [-0.2, -0.15) is 0 Å². The minimum Gasteiger partial charge on any atom is -0.369 e. The van der Waals surface area contributed by atoms with E-state index in [-0.39, 0.29) is 11.8 Å². The number of nitrogens with two attached hydrogens (primary N) is 1. The lowest BCUT2D eigenvalue weighted by molar-refractivity contribution is -0.119. The maximum absolute atomic E-state index is 10.2. The second kappa shape index (κ2) is 1.22. The van der Waals surface area contributed by atoms with Crippen molar-refractivity contribution in [3.63, 3.8) is 0 Å². The number of amides is 1. The fourth-order valence-electron chi connectivity index (χ4n) is 0.719. The Labute approximate surface area is 42.7 Å². The second-order valence-corrected chi connectivity index (χ2v) is 2.22. The van der Waals surface area contributed by atoms with E-state index in [2.05, 4.69) is 0 Å². The minimum absolute atomic E-state index is 0.132. The fourth-order valence-corrected chi connectivity index (χ4v) is 0.719. The molecule has 2 atom stereocenters. The van der Waals surface area contributed by atoms with Gasteiger partial charge < -0.3 is 5.73 Å². The van der Waals surface area contributed by atoms with Gasteiger partial charge >= 0.3 is 0 Å². The summed E-state index contributed by atoms with van der Waals surface area (Å²) in [4.78, 5) is 10.2. The van der Waals surface area contributed by atoms with Gasteiger partial charge in [-0.15, -0.1) is 0 Å². The zero-order valence-corrected chi connectivity index (χ0v) is 4.35. The molecule has 0 aromatic heterocycles. The van der Waals surface area contributed by atoms with E-state index in [9.17, 15) is 4.79 Å². The zero-order valence-electron chi connectivity index (χ0n) is 4.35. The Morgan fingerprint density at radius 2 is 2.29 bits per heavy atom. The molecule has 2 N–H and O–H groups in total. The van der Waals surface area contributed by atoms with Crippen molar-refractivity contribution in [1.82, 2.24) is 0 Å². The molecule has 1 aliphatic carbocycles. The maximum Gasteiger partial charge on any atom is 0.220 e. The van der Waals surface area contributed by atoms with Crippen LogP contribution in [-0.4, -0.2) is 5.91 Å². The molecule has 0 spiro atoms. The third-order valence-corrected chi connectivity index (χ3v) is 1.47. The average Bonchev–Trinajstić information content (AvgIpc) is 2.17. The number of hydrogen-bond acceptors (Lipinski definition) is 1. The van der Waals surface area contributed by atoms with Crippen LogP contribution in [0.25, 0.3) is 0 Å². The SMILES string of the molecule is CC1C[C@H]1C(N)=O. The van der Waals surface area contributed by atoms with Gasteiger partial charge in [0.1, 0.15) is 0 Å². The molecule has 2 heteroatoms. The topological polar surface area (TPSA) is 43.1 Å². The molecule has 1 fully saturated rings. The molecule has 1 unspecified atom stereocenters. The van der Waals surface area contributed by atoms with Crippen LogP contribution >= 0.6 is 0 Å². The molecule has 0 aliphatic heterocycles. The molecule has 40 valence electrons. The van der Waals surface area contributed by atoms with E-state index in [1.54, 1.807) is 0 Å². The lowest BCUT2D eigenvalue weighted by Crippen LogP contribution is -2.13. The maximum atomic E-state index is 10.2. The Bertz CT molecular complexity index is 100. The smallest absolute Gasteiger partial charge is 0.220 e. The van der Waals surface area contributed by atoms with Crippen molar-refractivity contribution < 1.29 is 4.79 Å². The van der Waals surface area contributed by atoms with Crippen LogP contribution in [0.2, 0.25) is 0 Å². The normalized spacial score (nSPS) is 37.9. The van der Waals surface area contributed by atoms with E-state index >= 15 is 0 Å². The van der Waals surface area contributed by atoms with Crippen LogP contribution in [-0.2, 0) is 4.79 Å². The first-order chi connectivity index (χ1) is 3.22. The number of primary amides is 1. The highest BCUT2D eigenvalue weighted by atomic mass is 16.1. The predicted octanol–water partition coefficient (Wildman–Crippen LogP) is 0.128. The molecule has 2 nitrogen and oxygen atoms in total. The summed E-state index contributed by atoms with van der Waals surface area (Å²) in [7, 11) is 0. The average molecular weight is 99.1 g/mol. The summed E-state index contributed by atoms with van der Waals surface area (Å²) in [5, 5.41) is 0. The minimum atomic E-state index is -0.132. The summed E-state index contributed by atoms with van der Waals surface area (Å²) in [6.45, 7) is 2.04. The molecule has 1 aliphatic rings. The van der Waals surface area contributed by atoms with Crippen LogP contribution in [0.5, 0.6) is 0 Å². The Morgan fingerprint density at radius 3 is 2.29 bits per heavy atom. The fraction of sp³-hybridized carbons (Fsp3) is 0.800. The zero-order chi connectivity index (χ0) is 5.44. The molecular weight excluding hydrogens is 90.1 g/mol. The Morgan fingerprint density at radius 1 is 1.86 bits per heavy atom. The van der Waals surface area contributed by atoms with Crippen LogP contribution in [0, 0.1) is 11.8 Å². The van der Waals surface area contributed by atoms with Gasteiger partial charge in [-0.05, 0) is 12.3 Å². The van der Waals surface area contributed by atoms with Gasteiger partial charge in [0, 0.05) is 5.92 Å². The van der Waals surface area contributed by atoms with Crippen LogP contribution in [0.1, 0.15) is 13.3 Å². The number of carbonyl (C=O) groups excluding carboxylic acids is 1. The standard InChI is InChI=1S/C5H9NO/c1-3-2-4(3)5(6)7/h3-4H,2H2,1H3,(H2,6,7)/t3?,4-/m1/s1. The van der Waals surface area contributed by atoms with Crippen molar-refractivity contribution >= 4 is 5.91 Å². The lowest BCUT2D eigenvalue weighted by Gasteiger charge is -1.81. The molecule has 0 aromatic carbocycles. The number of rotatable bonds is 1. The molecule has 1 rings (SSSR count). The molecule has 1 saturated carbocycles. The highest BCUT2D eigenvalue weighted by molar-refractivity contribution is 5.79. The van der Waals surface area contributed by atoms with E-state index in [0.29, 0.717) is 5.92 Å². The van der Waals surface area contributed by atoms with Gasteiger partial charge in [0.05, 0.1) is 0 Å². The van der Waals surface area contributed by atoms with Crippen molar-refractivity contribution in [3.8, 4) is 0 Å². The summed E-state index contributed by atoms with van der Waals surface area (Å²) in [5.41, 5.74) is 4.95. The van der Waals surface area contributed by atoms with E-state index in [1.807, 2.05) is 6.92 Å². The number of hydrogen-bond donors (Lipinski definition) is 1. The van der Waals surface area contributed by atoms with Crippen LogP contribution in [0.4, 0.5) is 0 Å². The van der Waals surface area contributed by atoms with Crippen molar-refractivity contribution in [2.24, 2.45) is 17.6 Å². The molecule has 0 saturated heterocycles. The van der Waals surface area contributed by atoms with Crippen molar-refractivity contribution in [2.75, 3.05) is 0 Å². The lowest BCUT2D eigenvalue weighted by atomic mass is 10.3. The van der Waals surface area contributed by atoms with Crippen molar-refractivity contribution in [2.45, 2.75) is 13.3 Å². The highest BCUT2D eigenvalue weighted by Crippen LogP contribution is 2.36. The van der Waals surface area contributed by atoms with Gasteiger partial charge in [0.25, 0.3) is 0 Å². The summed E-state index contributed by atoms with van der Waals surface area (Å²) >= 11 is 0. The monoisotopic (exact) mass is 99.1 g/mol. The molecule has 0 bridgehead atoms. The third kappa shape index (κ3) is 0.734. The van der Waals surface area contributed by atoms with E-state index in [1.165, 1.54) is 0 Å². The van der Waals surface area contributed by atoms with Crippen LogP contribution in [0.15, 0.2) is 0 Å². The largest absolute Gasteiger partial charge is 0.369 e. The molecule has 0 radical (unpaired) electrons. The quantitative estimate of drug-likeness (QED) is 0.498. The van der Waals surface area contributed by atoms with Gasteiger partial charge in [0.2, 0.25) is 5.91 Å². The third-order valence-electron chi connectivity index (χ3n) is 1.47. The summed E-state index contributed by atoms with van der Waals surface area (Å²) in [6, 6.07) is 0. The second-order valence-electron chi connectivity index (χ2n) is 2.22. The Hall–Kier alpha value is -0.530.